The summed E-state index contributed by atoms with van der Waals surface area (Å²) in [6, 6.07) is 10.4. The van der Waals surface area contributed by atoms with Crippen molar-refractivity contribution in [3.63, 3.8) is 0 Å². The first-order chi connectivity index (χ1) is 13.3. The zero-order valence-electron chi connectivity index (χ0n) is 15.7. The lowest BCUT2D eigenvalue weighted by Crippen LogP contribution is -2.46. The van der Waals surface area contributed by atoms with E-state index in [-0.39, 0.29) is 11.7 Å². The molecule has 0 saturated heterocycles. The zero-order chi connectivity index (χ0) is 20.4. The molecule has 3 N–H and O–H groups in total. The van der Waals surface area contributed by atoms with E-state index in [0.717, 1.165) is 16.7 Å². The molecule has 0 spiro atoms. The van der Waals surface area contributed by atoms with Crippen LogP contribution in [0.4, 0.5) is 16.2 Å². The van der Waals surface area contributed by atoms with E-state index in [2.05, 4.69) is 16.0 Å². The van der Waals surface area contributed by atoms with Gasteiger partial charge in [0.15, 0.2) is 0 Å². The van der Waals surface area contributed by atoms with E-state index < -0.39 is 16.9 Å². The third-order valence-electron chi connectivity index (χ3n) is 4.60. The summed E-state index contributed by atoms with van der Waals surface area (Å²) in [6.07, 6.45) is 0. The maximum Gasteiger partial charge on any atom is 0.319 e. The number of carbonyl (C=O) groups excluding carboxylic acids is 2. The number of allylic oxidation sites excluding steroid dienone is 1. The number of rotatable bonds is 4. The first-order valence-electron chi connectivity index (χ1n) is 8.67. The molecule has 1 atom stereocenters. The van der Waals surface area contributed by atoms with Crippen molar-refractivity contribution in [3.8, 4) is 0 Å². The average Bonchev–Trinajstić information content (AvgIpc) is 2.63. The van der Waals surface area contributed by atoms with Crippen LogP contribution < -0.4 is 16.0 Å². The van der Waals surface area contributed by atoms with Gasteiger partial charge in [-0.1, -0.05) is 23.8 Å². The Morgan fingerprint density at radius 3 is 2.43 bits per heavy atom. The highest BCUT2D eigenvalue weighted by molar-refractivity contribution is 6.06. The number of urea groups is 1. The predicted molar refractivity (Wildman–Crippen MR) is 105 cm³/mol. The van der Waals surface area contributed by atoms with Gasteiger partial charge in [-0.3, -0.25) is 14.9 Å². The number of anilines is 1. The highest BCUT2D eigenvalue weighted by Gasteiger charge is 2.32. The Hall–Kier alpha value is -3.68. The summed E-state index contributed by atoms with van der Waals surface area (Å²) in [7, 11) is 0. The molecule has 144 valence electrons. The van der Waals surface area contributed by atoms with Gasteiger partial charge in [-0.25, -0.2) is 4.79 Å². The maximum absolute atomic E-state index is 13.0. The fourth-order valence-corrected chi connectivity index (χ4v) is 3.16. The lowest BCUT2D eigenvalue weighted by molar-refractivity contribution is -0.384. The van der Waals surface area contributed by atoms with E-state index in [1.165, 1.54) is 24.3 Å². The molecule has 0 bridgehead atoms. The second-order valence-electron chi connectivity index (χ2n) is 6.69. The van der Waals surface area contributed by atoms with Crippen molar-refractivity contribution in [1.82, 2.24) is 10.6 Å². The molecule has 1 unspecified atom stereocenters. The highest BCUT2D eigenvalue weighted by Crippen LogP contribution is 2.30. The van der Waals surface area contributed by atoms with Gasteiger partial charge < -0.3 is 16.0 Å². The van der Waals surface area contributed by atoms with E-state index in [4.69, 9.17) is 0 Å². The van der Waals surface area contributed by atoms with Crippen LogP contribution in [-0.2, 0) is 4.79 Å². The molecule has 0 radical (unpaired) electrons. The maximum atomic E-state index is 13.0. The number of carbonyl (C=O) groups is 2. The summed E-state index contributed by atoms with van der Waals surface area (Å²) >= 11 is 0. The third kappa shape index (κ3) is 3.85. The number of benzene rings is 2. The molecular formula is C20H20N4O4. The smallest absolute Gasteiger partial charge is 0.319 e. The predicted octanol–water partition coefficient (Wildman–Crippen LogP) is 3.48. The molecule has 0 saturated carbocycles. The minimum absolute atomic E-state index is 0.0618. The number of non-ortho nitro benzene ring substituents is 1. The molecule has 0 aromatic heterocycles. The lowest BCUT2D eigenvalue weighted by Gasteiger charge is -2.29. The fourth-order valence-electron chi connectivity index (χ4n) is 3.16. The number of nitro benzene ring substituents is 1. The summed E-state index contributed by atoms with van der Waals surface area (Å²) < 4.78 is 0. The van der Waals surface area contributed by atoms with Gasteiger partial charge in [0.2, 0.25) is 0 Å². The summed E-state index contributed by atoms with van der Waals surface area (Å²) in [4.78, 5) is 35.3. The molecule has 3 amide bonds. The highest BCUT2D eigenvalue weighted by atomic mass is 16.6. The lowest BCUT2D eigenvalue weighted by atomic mass is 9.90. The molecule has 0 aliphatic carbocycles. The van der Waals surface area contributed by atoms with Gasteiger partial charge in [-0.15, -0.1) is 0 Å². The topological polar surface area (TPSA) is 113 Å². The summed E-state index contributed by atoms with van der Waals surface area (Å²) in [5.41, 5.74) is 4.00. The first-order valence-corrected chi connectivity index (χ1v) is 8.67. The van der Waals surface area contributed by atoms with Crippen LogP contribution in [0.1, 0.15) is 29.7 Å². The molecule has 28 heavy (non-hydrogen) atoms. The van der Waals surface area contributed by atoms with Crippen molar-refractivity contribution in [2.75, 3.05) is 5.32 Å². The summed E-state index contributed by atoms with van der Waals surface area (Å²) in [5.74, 6) is -0.398. The molecule has 1 heterocycles. The van der Waals surface area contributed by atoms with Gasteiger partial charge in [-0.2, -0.15) is 0 Å². The third-order valence-corrected chi connectivity index (χ3v) is 4.60. The van der Waals surface area contributed by atoms with Crippen LogP contribution in [0.3, 0.4) is 0 Å². The fraction of sp³-hybridized carbons (Fsp3) is 0.200. The average molecular weight is 380 g/mol. The van der Waals surface area contributed by atoms with Crippen LogP contribution in [0, 0.1) is 24.0 Å². The second-order valence-corrected chi connectivity index (χ2v) is 6.69. The SMILES string of the molecule is CC1=C(C(=O)Nc2ccc([N+](=O)[O-])cc2)C(c2cc(C)ccc2C)NC(=O)N1. The summed E-state index contributed by atoms with van der Waals surface area (Å²) in [6.45, 7) is 5.53. The number of hydrogen-bond acceptors (Lipinski definition) is 4. The number of amides is 3. The number of nitro groups is 1. The Kier molecular flexibility index (Phi) is 5.12. The molecule has 0 fully saturated rings. The van der Waals surface area contributed by atoms with E-state index in [9.17, 15) is 19.7 Å². The van der Waals surface area contributed by atoms with Gasteiger partial charge in [0.1, 0.15) is 0 Å². The minimum Gasteiger partial charge on any atom is -0.327 e. The molecule has 1 aliphatic rings. The Balaban J connectivity index is 1.94. The Morgan fingerprint density at radius 2 is 1.79 bits per heavy atom. The zero-order valence-corrected chi connectivity index (χ0v) is 15.7. The van der Waals surface area contributed by atoms with Gasteiger partial charge in [0.05, 0.1) is 16.5 Å². The Labute approximate surface area is 161 Å². The molecule has 3 rings (SSSR count). The van der Waals surface area contributed by atoms with Crippen LogP contribution in [0.25, 0.3) is 0 Å². The van der Waals surface area contributed by atoms with Crippen molar-refractivity contribution in [3.05, 3.63) is 80.5 Å². The quantitative estimate of drug-likeness (QED) is 0.556. The summed E-state index contributed by atoms with van der Waals surface area (Å²) in [5, 5.41) is 19.0. The van der Waals surface area contributed by atoms with Crippen molar-refractivity contribution >= 4 is 23.3 Å². The first kappa shape index (κ1) is 19.1. The van der Waals surface area contributed by atoms with Gasteiger partial charge in [-0.05, 0) is 44.0 Å². The molecule has 2 aromatic rings. The van der Waals surface area contributed by atoms with Gasteiger partial charge in [0, 0.05) is 23.5 Å². The molecule has 8 heteroatoms. The van der Waals surface area contributed by atoms with E-state index >= 15 is 0 Å². The number of nitrogens with one attached hydrogen (secondary N) is 3. The van der Waals surface area contributed by atoms with Gasteiger partial charge >= 0.3 is 6.03 Å². The standard InChI is InChI=1S/C20H20N4O4/c1-11-4-5-12(2)16(10-11)18-17(13(3)21-20(26)23-18)19(25)22-14-6-8-15(9-7-14)24(27)28/h4-10,18H,1-3H3,(H,22,25)(H2,21,23,26). The van der Waals surface area contributed by atoms with Crippen molar-refractivity contribution < 1.29 is 14.5 Å². The van der Waals surface area contributed by atoms with Crippen molar-refractivity contribution in [2.45, 2.75) is 26.8 Å². The van der Waals surface area contributed by atoms with Crippen LogP contribution in [0.2, 0.25) is 0 Å². The second kappa shape index (κ2) is 7.51. The normalized spacial score (nSPS) is 16.2. The number of aryl methyl sites for hydroxylation is 2. The van der Waals surface area contributed by atoms with Gasteiger partial charge in [0.25, 0.3) is 11.6 Å². The molecule has 1 aliphatic heterocycles. The van der Waals surface area contributed by atoms with E-state index in [1.807, 2.05) is 32.0 Å². The largest absolute Gasteiger partial charge is 0.327 e. The van der Waals surface area contributed by atoms with E-state index in [1.54, 1.807) is 6.92 Å². The van der Waals surface area contributed by atoms with Crippen molar-refractivity contribution in [2.24, 2.45) is 0 Å². The monoisotopic (exact) mass is 380 g/mol. The van der Waals surface area contributed by atoms with Crippen LogP contribution in [-0.4, -0.2) is 16.9 Å². The van der Waals surface area contributed by atoms with E-state index in [0.29, 0.717) is 17.0 Å². The minimum atomic E-state index is -0.605. The molecular weight excluding hydrogens is 360 g/mol. The number of hydrogen-bond donors (Lipinski definition) is 3. The van der Waals surface area contributed by atoms with Crippen molar-refractivity contribution in [1.29, 1.82) is 0 Å². The number of nitrogens with zero attached hydrogens (tertiary/aromatic N) is 1. The Bertz CT molecular complexity index is 996. The molecule has 8 nitrogen and oxygen atoms in total. The Morgan fingerprint density at radius 1 is 1.11 bits per heavy atom. The van der Waals surface area contributed by atoms with Crippen LogP contribution in [0.5, 0.6) is 0 Å². The molecule has 2 aromatic carbocycles. The van der Waals surface area contributed by atoms with Crippen LogP contribution in [0.15, 0.2) is 53.7 Å². The van der Waals surface area contributed by atoms with Crippen LogP contribution >= 0.6 is 0 Å².